The van der Waals surface area contributed by atoms with Gasteiger partial charge in [-0.15, -0.1) is 0 Å². The fraction of sp³-hybridized carbons (Fsp3) is 0.589. The summed E-state index contributed by atoms with van der Waals surface area (Å²) in [6.45, 7) is 8.39. The van der Waals surface area contributed by atoms with Crippen LogP contribution in [0.15, 0.2) is 109 Å². The molecule has 1 aromatic rings. The van der Waals surface area contributed by atoms with E-state index < -0.39 is 159 Å². The molecular formula is C56H79ClO19. The van der Waals surface area contributed by atoms with Crippen LogP contribution in [0.2, 0.25) is 5.02 Å². The van der Waals surface area contributed by atoms with E-state index in [1.807, 2.05) is 13.0 Å². The summed E-state index contributed by atoms with van der Waals surface area (Å²) in [6.07, 6.45) is 0.214. The van der Waals surface area contributed by atoms with Gasteiger partial charge in [0.15, 0.2) is 6.29 Å². The summed E-state index contributed by atoms with van der Waals surface area (Å²) in [7, 11) is 1.04. The number of fused-ring (bicyclic) bond motifs is 2. The highest BCUT2D eigenvalue weighted by Crippen LogP contribution is 2.42. The number of hydrogen-bond acceptors (Lipinski definition) is 19. The average molecular weight is 1090 g/mol. The van der Waals surface area contributed by atoms with E-state index in [1.54, 1.807) is 101 Å². The first kappa shape index (κ1) is 64.1. The summed E-state index contributed by atoms with van der Waals surface area (Å²) in [5.41, 5.74) is -0.139. The van der Waals surface area contributed by atoms with Crippen molar-refractivity contribution in [3.63, 3.8) is 0 Å². The molecule has 424 valence electrons. The first-order chi connectivity index (χ1) is 36.0. The Bertz CT molecular complexity index is 2190. The molecule has 76 heavy (non-hydrogen) atoms. The normalized spacial score (nSPS) is 41.4. The van der Waals surface area contributed by atoms with Crippen LogP contribution in [-0.2, 0) is 38.0 Å². The molecule has 3 aliphatic rings. The van der Waals surface area contributed by atoms with Gasteiger partial charge in [-0.25, -0.2) is 4.79 Å². The maximum atomic E-state index is 13.9. The molecule has 2 saturated heterocycles. The van der Waals surface area contributed by atoms with Crippen LogP contribution < -0.4 is 0 Å². The second-order valence-electron chi connectivity index (χ2n) is 20.0. The minimum atomic E-state index is -2.71. The van der Waals surface area contributed by atoms with Crippen LogP contribution in [0.25, 0.3) is 0 Å². The van der Waals surface area contributed by atoms with Crippen LogP contribution in [0.4, 0.5) is 0 Å². The lowest BCUT2D eigenvalue weighted by Crippen LogP contribution is -2.66. The van der Waals surface area contributed by atoms with Gasteiger partial charge in [0.1, 0.15) is 30.3 Å². The molecule has 19 nitrogen and oxygen atoms in total. The van der Waals surface area contributed by atoms with Gasteiger partial charge in [0.2, 0.25) is 5.79 Å². The van der Waals surface area contributed by atoms with E-state index >= 15 is 0 Å². The molecule has 3 heterocycles. The van der Waals surface area contributed by atoms with Crippen LogP contribution in [0, 0.1) is 23.7 Å². The van der Waals surface area contributed by atoms with Crippen LogP contribution in [0.5, 0.6) is 0 Å². The number of carbonyl (C=O) groups is 3. The predicted octanol–water partition coefficient (Wildman–Crippen LogP) is 3.60. The summed E-state index contributed by atoms with van der Waals surface area (Å²) in [6, 6.07) is 5.51. The fourth-order valence-electron chi connectivity index (χ4n) is 9.18. The summed E-state index contributed by atoms with van der Waals surface area (Å²) in [4.78, 5) is 40.3. The SMILES string of the molecule is COC(=O)C1C2CC(OC3OC(C)C(O)C(C)C3O)/C=C/C=C/C=C/C=C/C=C/C=C/C=C/C(C)C(O)C(C)C(C)OC(=O)CC(O)CC(O)CCC(O)C(O)CC(O)CC(OC(=O)c3cccc(Cl)c3)(O2)C(O)C1O. The number of hydrogen-bond donors (Lipinski definition) is 10. The maximum absolute atomic E-state index is 13.9. The van der Waals surface area contributed by atoms with E-state index in [-0.39, 0.29) is 35.8 Å². The smallest absolute Gasteiger partial charge is 0.340 e. The fourth-order valence-corrected chi connectivity index (χ4v) is 9.37. The van der Waals surface area contributed by atoms with E-state index in [4.69, 9.17) is 40.0 Å². The van der Waals surface area contributed by atoms with Gasteiger partial charge in [-0.1, -0.05) is 124 Å². The zero-order chi connectivity index (χ0) is 56.3. The number of methoxy groups -OCH3 is 1. The number of carbonyl (C=O) groups excluding carboxylic acids is 3. The zero-order valence-corrected chi connectivity index (χ0v) is 44.6. The minimum Gasteiger partial charge on any atom is -0.469 e. The number of esters is 3. The van der Waals surface area contributed by atoms with Crippen molar-refractivity contribution in [2.24, 2.45) is 23.7 Å². The lowest BCUT2D eigenvalue weighted by Gasteiger charge is -2.49. The van der Waals surface area contributed by atoms with E-state index in [0.717, 1.165) is 7.11 Å². The van der Waals surface area contributed by atoms with Crippen molar-refractivity contribution in [3.05, 3.63) is 120 Å². The van der Waals surface area contributed by atoms with E-state index in [2.05, 4.69) is 0 Å². The molecule has 0 spiro atoms. The van der Waals surface area contributed by atoms with Gasteiger partial charge in [0.05, 0.1) is 80.1 Å². The number of rotatable bonds is 5. The molecule has 2 bridgehead atoms. The Morgan fingerprint density at radius 1 is 0.658 bits per heavy atom. The zero-order valence-electron chi connectivity index (χ0n) is 43.8. The molecule has 2 fully saturated rings. The first-order valence-electron chi connectivity index (χ1n) is 25.7. The third kappa shape index (κ3) is 19.2. The standard InChI is InChI=1S/C56H79ClO19/c1-32-20-17-15-13-11-9-7-8-10-12-14-16-18-23-42(74-55-50(66)34(3)49(65)36(5)73-55)30-45-47(54(70)71-6)51(67)52(68)56(75-45,76-53(69)37-21-19-22-38(57)26-37)31-41(60)28-44(62)43(61)25-24-39(58)27-40(59)29-46(63)72-35(4)33(2)48(32)64/h7-23,26,32-36,39-45,47-52,55,58-62,64-68H,24-25,27-31H2,1-6H3/b8-7+,11-9+,12-10+,15-13+,16-14+,20-17+,23-18+. The molecule has 3 aliphatic heterocycles. The lowest BCUT2D eigenvalue weighted by atomic mass is 9.80. The first-order valence-corrected chi connectivity index (χ1v) is 26.1. The van der Waals surface area contributed by atoms with Crippen molar-refractivity contribution >= 4 is 29.5 Å². The molecule has 10 N–H and O–H groups in total. The van der Waals surface area contributed by atoms with Gasteiger partial charge in [-0.2, -0.15) is 0 Å². The molecule has 0 aliphatic carbocycles. The molecule has 20 unspecified atom stereocenters. The van der Waals surface area contributed by atoms with Gasteiger partial charge < -0.3 is 79.5 Å². The average Bonchev–Trinajstić information content (AvgIpc) is 3.36. The Morgan fingerprint density at radius 3 is 1.87 bits per heavy atom. The largest absolute Gasteiger partial charge is 0.469 e. The Labute approximate surface area is 449 Å². The minimum absolute atomic E-state index is 0.128. The van der Waals surface area contributed by atoms with Crippen LogP contribution in [0.1, 0.15) is 89.9 Å². The number of aliphatic hydroxyl groups excluding tert-OH is 10. The number of halogens is 1. The Kier molecular flexibility index (Phi) is 26.4. The van der Waals surface area contributed by atoms with Crippen LogP contribution in [-0.4, -0.2) is 174 Å². The predicted molar refractivity (Wildman–Crippen MR) is 279 cm³/mol. The van der Waals surface area contributed by atoms with E-state index in [1.165, 1.54) is 30.3 Å². The third-order valence-corrected chi connectivity index (χ3v) is 14.2. The summed E-state index contributed by atoms with van der Waals surface area (Å²) in [5.74, 6) is -8.86. The summed E-state index contributed by atoms with van der Waals surface area (Å²) >= 11 is 6.19. The lowest BCUT2D eigenvalue weighted by molar-refractivity contribution is -0.345. The molecule has 0 saturated carbocycles. The molecule has 0 aromatic heterocycles. The molecule has 1 aromatic carbocycles. The van der Waals surface area contributed by atoms with Crippen molar-refractivity contribution in [2.45, 2.75) is 177 Å². The Morgan fingerprint density at radius 2 is 1.26 bits per heavy atom. The molecule has 20 heteroatoms. The number of ether oxygens (including phenoxy) is 6. The second-order valence-corrected chi connectivity index (χ2v) is 20.4. The summed E-state index contributed by atoms with van der Waals surface area (Å²) < 4.78 is 35.1. The maximum Gasteiger partial charge on any atom is 0.340 e. The molecule has 4 rings (SSSR count). The highest BCUT2D eigenvalue weighted by molar-refractivity contribution is 6.30. The van der Waals surface area contributed by atoms with Crippen LogP contribution in [0.3, 0.4) is 0 Å². The van der Waals surface area contributed by atoms with Gasteiger partial charge >= 0.3 is 17.9 Å². The molecule has 0 amide bonds. The van der Waals surface area contributed by atoms with Crippen LogP contribution >= 0.6 is 11.6 Å². The second kappa shape index (κ2) is 31.2. The highest BCUT2D eigenvalue weighted by atomic mass is 35.5. The Hall–Kier alpha value is -4.42. The number of cyclic esters (lactones) is 1. The highest BCUT2D eigenvalue weighted by Gasteiger charge is 2.60. The van der Waals surface area contributed by atoms with Gasteiger partial charge in [-0.3, -0.25) is 9.59 Å². The molecule has 20 atom stereocenters. The quantitative estimate of drug-likeness (QED) is 0.149. The van der Waals surface area contributed by atoms with E-state index in [9.17, 15) is 65.4 Å². The molecular weight excluding hydrogens is 1010 g/mol. The van der Waals surface area contributed by atoms with Gasteiger partial charge in [0, 0.05) is 42.0 Å². The van der Waals surface area contributed by atoms with Crippen molar-refractivity contribution in [3.8, 4) is 0 Å². The summed E-state index contributed by atoms with van der Waals surface area (Å²) in [5, 5.41) is 112. The van der Waals surface area contributed by atoms with Gasteiger partial charge in [-0.05, 0) is 51.3 Å². The molecule has 0 radical (unpaired) electrons. The number of aliphatic hydroxyl groups is 10. The van der Waals surface area contributed by atoms with Crippen molar-refractivity contribution in [1.82, 2.24) is 0 Å². The van der Waals surface area contributed by atoms with Gasteiger partial charge in [0.25, 0.3) is 0 Å². The van der Waals surface area contributed by atoms with Crippen molar-refractivity contribution in [2.75, 3.05) is 7.11 Å². The van der Waals surface area contributed by atoms with Crippen molar-refractivity contribution in [1.29, 1.82) is 0 Å². The van der Waals surface area contributed by atoms with E-state index in [0.29, 0.717) is 0 Å². The number of allylic oxidation sites excluding steroid dienone is 12. The third-order valence-electron chi connectivity index (χ3n) is 14.0. The van der Waals surface area contributed by atoms with Crippen molar-refractivity contribution < 1.29 is 93.9 Å². The topological polar surface area (TPSA) is 309 Å². The number of benzene rings is 1. The Balaban J connectivity index is 1.73. The monoisotopic (exact) mass is 1090 g/mol.